The molecule has 0 fully saturated rings. The Bertz CT molecular complexity index is 1280. The number of thioether (sulfide) groups is 1. The molecule has 172 valence electrons. The molecule has 0 saturated carbocycles. The number of esters is 1. The first-order valence-corrected chi connectivity index (χ1v) is 12.4. The molecule has 0 radical (unpaired) electrons. The lowest BCUT2D eigenvalue weighted by Gasteiger charge is -2.06. The van der Waals surface area contributed by atoms with E-state index in [1.807, 2.05) is 36.4 Å². The lowest BCUT2D eigenvalue weighted by molar-refractivity contribution is -0.119. The minimum Gasteiger partial charge on any atom is -0.452 e. The van der Waals surface area contributed by atoms with Crippen molar-refractivity contribution < 1.29 is 18.7 Å². The highest BCUT2D eigenvalue weighted by Gasteiger charge is 2.13. The molecule has 0 saturated heterocycles. The number of hydrogen-bond donors (Lipinski definition) is 1. The maximum Gasteiger partial charge on any atom is 0.338 e. The summed E-state index contributed by atoms with van der Waals surface area (Å²) in [6, 6.07) is 20.6. The third-order valence-electron chi connectivity index (χ3n) is 4.63. The summed E-state index contributed by atoms with van der Waals surface area (Å²) in [4.78, 5) is 29.8. The number of carbonyl (C=O) groups is 2. The normalized spacial score (nSPS) is 10.6. The van der Waals surface area contributed by atoms with Crippen LogP contribution in [0.25, 0.3) is 11.3 Å². The number of rotatable bonds is 8. The Morgan fingerprint density at radius 1 is 1.00 bits per heavy atom. The molecule has 0 unspecified atom stereocenters. The van der Waals surface area contributed by atoms with Crippen LogP contribution in [0, 0.1) is 5.82 Å². The molecule has 3 aromatic carbocycles. The zero-order valence-corrected chi connectivity index (χ0v) is 20.1. The number of anilines is 1. The van der Waals surface area contributed by atoms with Crippen LogP contribution in [0.4, 0.5) is 9.52 Å². The molecule has 34 heavy (non-hydrogen) atoms. The highest BCUT2D eigenvalue weighted by atomic mass is 35.5. The van der Waals surface area contributed by atoms with Gasteiger partial charge in [0.1, 0.15) is 5.82 Å². The number of nitrogens with zero attached hydrogens (tertiary/aromatic N) is 1. The average molecular weight is 513 g/mol. The van der Waals surface area contributed by atoms with Gasteiger partial charge in [0.25, 0.3) is 5.91 Å². The van der Waals surface area contributed by atoms with Crippen LogP contribution >= 0.6 is 34.7 Å². The van der Waals surface area contributed by atoms with E-state index in [4.69, 9.17) is 16.3 Å². The second kappa shape index (κ2) is 11.3. The molecule has 0 atom stereocenters. The van der Waals surface area contributed by atoms with Crippen LogP contribution in [0.5, 0.6) is 0 Å². The Morgan fingerprint density at radius 2 is 1.71 bits per heavy atom. The van der Waals surface area contributed by atoms with Gasteiger partial charge in [-0.3, -0.25) is 10.1 Å². The van der Waals surface area contributed by atoms with Crippen molar-refractivity contribution in [3.8, 4) is 11.3 Å². The standard InChI is InChI=1S/C25H18ClFN2O3S2/c26-19-7-11-21(12-8-19)33-14-16-1-3-18(4-2-16)24(31)32-13-23(30)29-25-28-22(15-34-25)17-5-9-20(27)10-6-17/h1-12,15H,13-14H2,(H,28,29,30). The highest BCUT2D eigenvalue weighted by molar-refractivity contribution is 7.98. The summed E-state index contributed by atoms with van der Waals surface area (Å²) < 4.78 is 18.2. The first-order chi connectivity index (χ1) is 16.5. The van der Waals surface area contributed by atoms with Gasteiger partial charge in [0.2, 0.25) is 0 Å². The number of carbonyl (C=O) groups excluding carboxylic acids is 2. The van der Waals surface area contributed by atoms with Crippen LogP contribution in [0.3, 0.4) is 0 Å². The molecule has 0 aliphatic carbocycles. The van der Waals surface area contributed by atoms with Crippen LogP contribution in [0.1, 0.15) is 15.9 Å². The smallest absolute Gasteiger partial charge is 0.338 e. The maximum atomic E-state index is 13.1. The van der Waals surface area contributed by atoms with E-state index in [2.05, 4.69) is 10.3 Å². The summed E-state index contributed by atoms with van der Waals surface area (Å²) in [5, 5.41) is 5.41. The lowest BCUT2D eigenvalue weighted by Crippen LogP contribution is -2.20. The van der Waals surface area contributed by atoms with Crippen molar-refractivity contribution in [2.75, 3.05) is 11.9 Å². The first kappa shape index (κ1) is 23.9. The molecule has 1 amide bonds. The summed E-state index contributed by atoms with van der Waals surface area (Å²) >= 11 is 8.79. The third kappa shape index (κ3) is 6.66. The predicted octanol–water partition coefficient (Wildman–Crippen LogP) is 6.69. The fourth-order valence-corrected chi connectivity index (χ4v) is 4.60. The molecule has 4 rings (SSSR count). The molecule has 1 heterocycles. The summed E-state index contributed by atoms with van der Waals surface area (Å²) in [5.41, 5.74) is 2.77. The summed E-state index contributed by atoms with van der Waals surface area (Å²) in [6.45, 7) is -0.432. The number of hydrogen-bond acceptors (Lipinski definition) is 6. The largest absolute Gasteiger partial charge is 0.452 e. The van der Waals surface area contributed by atoms with Crippen LogP contribution in [0.15, 0.2) is 83.1 Å². The average Bonchev–Trinajstić information content (AvgIpc) is 3.31. The van der Waals surface area contributed by atoms with Crippen molar-refractivity contribution >= 4 is 51.7 Å². The van der Waals surface area contributed by atoms with Crippen molar-refractivity contribution in [1.29, 1.82) is 0 Å². The van der Waals surface area contributed by atoms with Crippen LogP contribution in [0.2, 0.25) is 5.02 Å². The zero-order chi connectivity index (χ0) is 23.9. The number of aromatic nitrogens is 1. The lowest BCUT2D eigenvalue weighted by atomic mass is 10.1. The fraction of sp³-hybridized carbons (Fsp3) is 0.0800. The Hall–Kier alpha value is -3.20. The number of benzene rings is 3. The summed E-state index contributed by atoms with van der Waals surface area (Å²) in [5.74, 6) is -0.670. The van der Waals surface area contributed by atoms with Crippen LogP contribution in [-0.4, -0.2) is 23.5 Å². The maximum absolute atomic E-state index is 13.1. The van der Waals surface area contributed by atoms with Crippen LogP contribution in [-0.2, 0) is 15.3 Å². The van der Waals surface area contributed by atoms with E-state index in [1.54, 1.807) is 41.4 Å². The zero-order valence-electron chi connectivity index (χ0n) is 17.7. The molecule has 0 aliphatic heterocycles. The second-order valence-corrected chi connectivity index (χ2v) is 9.45. The summed E-state index contributed by atoms with van der Waals surface area (Å²) in [6.07, 6.45) is 0. The molecule has 1 N–H and O–H groups in total. The minimum atomic E-state index is -0.585. The second-order valence-electron chi connectivity index (χ2n) is 7.11. The Labute approximate surface area is 209 Å². The summed E-state index contributed by atoms with van der Waals surface area (Å²) in [7, 11) is 0. The third-order valence-corrected chi connectivity index (χ3v) is 6.73. The number of amides is 1. The van der Waals surface area contributed by atoms with Crippen molar-refractivity contribution in [2.45, 2.75) is 10.6 Å². The molecule has 1 aromatic heterocycles. The van der Waals surface area contributed by atoms with Gasteiger partial charge in [0.05, 0.1) is 11.3 Å². The van der Waals surface area contributed by atoms with Crippen LogP contribution < -0.4 is 5.32 Å². The fourth-order valence-electron chi connectivity index (χ4n) is 2.89. The van der Waals surface area contributed by atoms with Crippen molar-refractivity contribution in [2.24, 2.45) is 0 Å². The van der Waals surface area contributed by atoms with Gasteiger partial charge in [0, 0.05) is 26.6 Å². The highest BCUT2D eigenvalue weighted by Crippen LogP contribution is 2.26. The predicted molar refractivity (Wildman–Crippen MR) is 134 cm³/mol. The SMILES string of the molecule is O=C(COC(=O)c1ccc(CSc2ccc(Cl)cc2)cc1)Nc1nc(-c2ccc(F)cc2)cs1. The topological polar surface area (TPSA) is 68.3 Å². The Balaban J connectivity index is 1.24. The van der Waals surface area contributed by atoms with E-state index in [9.17, 15) is 14.0 Å². The molecule has 0 spiro atoms. The quantitative estimate of drug-likeness (QED) is 0.210. The van der Waals surface area contributed by atoms with E-state index >= 15 is 0 Å². The van der Waals surface area contributed by atoms with Gasteiger partial charge in [-0.05, 0) is 66.2 Å². The van der Waals surface area contributed by atoms with Gasteiger partial charge in [-0.15, -0.1) is 23.1 Å². The van der Waals surface area contributed by atoms with Crippen molar-refractivity contribution in [1.82, 2.24) is 4.98 Å². The molecule has 0 aliphatic rings. The number of halogens is 2. The molecule has 9 heteroatoms. The number of ether oxygens (including phenoxy) is 1. The number of nitrogens with one attached hydrogen (secondary N) is 1. The van der Waals surface area contributed by atoms with Gasteiger partial charge in [-0.25, -0.2) is 14.2 Å². The van der Waals surface area contributed by atoms with Gasteiger partial charge in [0.15, 0.2) is 11.7 Å². The molecule has 0 bridgehead atoms. The van der Waals surface area contributed by atoms with E-state index in [0.717, 1.165) is 21.8 Å². The van der Waals surface area contributed by atoms with Crippen molar-refractivity contribution in [3.05, 3.63) is 100 Å². The van der Waals surface area contributed by atoms with E-state index in [0.29, 0.717) is 21.4 Å². The first-order valence-electron chi connectivity index (χ1n) is 10.1. The molecular weight excluding hydrogens is 495 g/mol. The van der Waals surface area contributed by atoms with Gasteiger partial charge < -0.3 is 4.74 Å². The number of thiazole rings is 1. The van der Waals surface area contributed by atoms with E-state index in [1.165, 1.54) is 23.5 Å². The van der Waals surface area contributed by atoms with E-state index in [-0.39, 0.29) is 5.82 Å². The van der Waals surface area contributed by atoms with Gasteiger partial charge in [-0.2, -0.15) is 0 Å². The monoisotopic (exact) mass is 512 g/mol. The Morgan fingerprint density at radius 3 is 2.41 bits per heavy atom. The molecule has 4 aromatic rings. The van der Waals surface area contributed by atoms with E-state index < -0.39 is 18.5 Å². The van der Waals surface area contributed by atoms with Gasteiger partial charge in [-0.1, -0.05) is 23.7 Å². The molecule has 5 nitrogen and oxygen atoms in total. The Kier molecular flexibility index (Phi) is 7.95. The molecular formula is C25H18ClFN2O3S2. The van der Waals surface area contributed by atoms with Gasteiger partial charge >= 0.3 is 5.97 Å². The van der Waals surface area contributed by atoms with Crippen molar-refractivity contribution in [3.63, 3.8) is 0 Å². The minimum absolute atomic E-state index is 0.333.